The summed E-state index contributed by atoms with van der Waals surface area (Å²) in [7, 11) is 0. The topological polar surface area (TPSA) is 298 Å². The van der Waals surface area contributed by atoms with E-state index >= 15 is 0 Å². The third-order valence-corrected chi connectivity index (χ3v) is 7.95. The SMILES string of the molecule is CCNC(=O)CCCCCNC(=O)CN(CC(=O)NCCO[C@@H]1O[C@H](CO)[C@@H](O)[C@H](O)[C@@H]1O)CC(=O)NCCO[C@@H]1O[C@@H](C)[C@@H](O)[C@@H](O)[C@@H]1O. The molecule has 0 aromatic carbocycles. The lowest BCUT2D eigenvalue weighted by Crippen LogP contribution is -2.59. The number of carbonyl (C=O) groups excluding carboxylic acids is 4. The maximum absolute atomic E-state index is 12.7. The molecule has 20 nitrogen and oxygen atoms in total. The van der Waals surface area contributed by atoms with Gasteiger partial charge in [0.1, 0.15) is 42.7 Å². The molecule has 290 valence electrons. The van der Waals surface area contributed by atoms with Gasteiger partial charge < -0.3 is 76.0 Å². The number of hydrogen-bond acceptors (Lipinski definition) is 16. The number of unbranched alkanes of at least 4 members (excludes halogenated alkanes) is 2. The molecule has 4 amide bonds. The van der Waals surface area contributed by atoms with E-state index in [4.69, 9.17) is 18.9 Å². The fourth-order valence-corrected chi connectivity index (χ4v) is 5.13. The molecular weight excluding hydrogens is 670 g/mol. The van der Waals surface area contributed by atoms with Crippen LogP contribution in [0.3, 0.4) is 0 Å². The summed E-state index contributed by atoms with van der Waals surface area (Å²) in [6, 6.07) is 0. The second-order valence-corrected chi connectivity index (χ2v) is 12.1. The Morgan fingerprint density at radius 1 is 0.620 bits per heavy atom. The molecule has 0 spiro atoms. The van der Waals surface area contributed by atoms with Crippen LogP contribution in [-0.2, 0) is 38.1 Å². The molecular formula is C30H55N5O15. The van der Waals surface area contributed by atoms with Crippen LogP contribution in [0.25, 0.3) is 0 Å². The predicted molar refractivity (Wildman–Crippen MR) is 171 cm³/mol. The van der Waals surface area contributed by atoms with Crippen LogP contribution in [0.5, 0.6) is 0 Å². The van der Waals surface area contributed by atoms with Crippen molar-refractivity contribution >= 4 is 23.6 Å². The number of ether oxygens (including phenoxy) is 4. The van der Waals surface area contributed by atoms with E-state index < -0.39 is 85.7 Å². The zero-order valence-corrected chi connectivity index (χ0v) is 28.5. The minimum absolute atomic E-state index is 0.0381. The minimum Gasteiger partial charge on any atom is -0.394 e. The molecule has 2 aliphatic rings. The van der Waals surface area contributed by atoms with Crippen LogP contribution >= 0.6 is 0 Å². The van der Waals surface area contributed by atoms with Crippen molar-refractivity contribution in [3.05, 3.63) is 0 Å². The van der Waals surface area contributed by atoms with Crippen LogP contribution in [0.4, 0.5) is 0 Å². The second kappa shape index (κ2) is 23.1. The van der Waals surface area contributed by atoms with Crippen molar-refractivity contribution in [2.75, 3.05) is 65.6 Å². The Bertz CT molecular complexity index is 1040. The molecule has 50 heavy (non-hydrogen) atoms. The molecule has 20 heteroatoms. The Hall–Kier alpha value is -2.60. The van der Waals surface area contributed by atoms with Gasteiger partial charge in [0, 0.05) is 32.6 Å². The molecule has 0 aromatic rings. The lowest BCUT2D eigenvalue weighted by molar-refractivity contribution is -0.300. The van der Waals surface area contributed by atoms with Crippen LogP contribution in [0.1, 0.15) is 39.5 Å². The van der Waals surface area contributed by atoms with Crippen molar-refractivity contribution in [2.45, 2.75) is 101 Å². The van der Waals surface area contributed by atoms with Crippen molar-refractivity contribution in [2.24, 2.45) is 0 Å². The molecule has 2 heterocycles. The number of hydrogen-bond donors (Lipinski definition) is 11. The molecule has 0 radical (unpaired) electrons. The summed E-state index contributed by atoms with van der Waals surface area (Å²) in [4.78, 5) is 50.9. The number of amides is 4. The molecule has 2 saturated heterocycles. The van der Waals surface area contributed by atoms with Gasteiger partial charge in [0.05, 0.1) is 45.6 Å². The van der Waals surface area contributed by atoms with Gasteiger partial charge in [0.2, 0.25) is 23.6 Å². The number of rotatable bonds is 22. The summed E-state index contributed by atoms with van der Waals surface area (Å²) in [5, 5.41) is 79.5. The smallest absolute Gasteiger partial charge is 0.234 e. The number of aliphatic hydroxyl groups excluding tert-OH is 7. The molecule has 0 saturated carbocycles. The van der Waals surface area contributed by atoms with E-state index in [9.17, 15) is 54.9 Å². The molecule has 2 rings (SSSR count). The van der Waals surface area contributed by atoms with Crippen molar-refractivity contribution in [1.29, 1.82) is 0 Å². The van der Waals surface area contributed by atoms with Gasteiger partial charge in [-0.15, -0.1) is 0 Å². The monoisotopic (exact) mass is 725 g/mol. The lowest BCUT2D eigenvalue weighted by Gasteiger charge is -2.39. The van der Waals surface area contributed by atoms with Crippen LogP contribution < -0.4 is 21.3 Å². The van der Waals surface area contributed by atoms with Gasteiger partial charge in [-0.05, 0) is 26.7 Å². The minimum atomic E-state index is -1.62. The van der Waals surface area contributed by atoms with Crippen LogP contribution in [0.2, 0.25) is 0 Å². The average molecular weight is 726 g/mol. The quantitative estimate of drug-likeness (QED) is 0.0463. The van der Waals surface area contributed by atoms with Crippen LogP contribution in [-0.4, -0.2) is 191 Å². The number of carbonyl (C=O) groups is 4. The zero-order chi connectivity index (χ0) is 37.2. The lowest BCUT2D eigenvalue weighted by atomic mass is 9.99. The Morgan fingerprint density at radius 2 is 1.12 bits per heavy atom. The van der Waals surface area contributed by atoms with Crippen molar-refractivity contribution in [1.82, 2.24) is 26.2 Å². The van der Waals surface area contributed by atoms with E-state index in [1.54, 1.807) is 0 Å². The Morgan fingerprint density at radius 3 is 1.64 bits per heavy atom. The summed E-state index contributed by atoms with van der Waals surface area (Å²) < 4.78 is 21.3. The highest BCUT2D eigenvalue weighted by molar-refractivity contribution is 5.84. The summed E-state index contributed by atoms with van der Waals surface area (Å²) in [5.74, 6) is -1.61. The molecule has 0 unspecified atom stereocenters. The van der Waals surface area contributed by atoms with Crippen molar-refractivity contribution < 1.29 is 73.9 Å². The highest BCUT2D eigenvalue weighted by atomic mass is 16.7. The fourth-order valence-electron chi connectivity index (χ4n) is 5.13. The first-order valence-corrected chi connectivity index (χ1v) is 16.8. The third kappa shape index (κ3) is 14.9. The van der Waals surface area contributed by atoms with Gasteiger partial charge in [-0.2, -0.15) is 0 Å². The van der Waals surface area contributed by atoms with Crippen molar-refractivity contribution in [3.8, 4) is 0 Å². The molecule has 2 aliphatic heterocycles. The molecule has 11 N–H and O–H groups in total. The Labute approximate surface area is 290 Å². The summed E-state index contributed by atoms with van der Waals surface area (Å²) in [6.07, 6.45) is -11.2. The molecule has 0 aromatic heterocycles. The Balaban J connectivity index is 1.82. The zero-order valence-electron chi connectivity index (χ0n) is 28.5. The van der Waals surface area contributed by atoms with Gasteiger partial charge >= 0.3 is 0 Å². The maximum Gasteiger partial charge on any atom is 0.234 e. The predicted octanol–water partition coefficient (Wildman–Crippen LogP) is -6.01. The highest BCUT2D eigenvalue weighted by Gasteiger charge is 2.44. The Kier molecular flexibility index (Phi) is 20.1. The molecule has 0 aliphatic carbocycles. The number of nitrogens with one attached hydrogen (secondary N) is 4. The summed E-state index contributed by atoms with van der Waals surface area (Å²) in [5.41, 5.74) is 0. The summed E-state index contributed by atoms with van der Waals surface area (Å²) in [6.45, 7) is 2.09. The molecule has 2 fully saturated rings. The number of aliphatic hydroxyl groups is 7. The average Bonchev–Trinajstić information content (AvgIpc) is 3.07. The van der Waals surface area contributed by atoms with Gasteiger partial charge in [-0.1, -0.05) is 6.42 Å². The van der Waals surface area contributed by atoms with Gasteiger partial charge in [-0.25, -0.2) is 0 Å². The maximum atomic E-state index is 12.7. The molecule has 10 atom stereocenters. The second-order valence-electron chi connectivity index (χ2n) is 12.1. The third-order valence-electron chi connectivity index (χ3n) is 7.95. The van der Waals surface area contributed by atoms with Crippen LogP contribution in [0, 0.1) is 0 Å². The van der Waals surface area contributed by atoms with E-state index in [2.05, 4.69) is 21.3 Å². The fraction of sp³-hybridized carbons (Fsp3) is 0.867. The standard InChI is InChI=1S/C30H55N5O15/c1-3-31-19(37)7-5-4-6-8-32-20(38)13-35(14-21(39)33-9-11-47-29-27(45)25(43)23(41)17(2)49-29)15-22(40)34-10-12-48-30-28(46)26(44)24(42)18(16-36)50-30/h17-18,23-30,36,41-46H,3-16H2,1-2H3,(H,31,37)(H,32,38)(H,33,39)(H,34,40)/t17-,18+,23+,24+,25+,26-,27-,28-,29+,30+/m0/s1. The van der Waals surface area contributed by atoms with Crippen LogP contribution in [0.15, 0.2) is 0 Å². The van der Waals surface area contributed by atoms with E-state index in [0.717, 1.165) is 0 Å². The molecule has 0 bridgehead atoms. The van der Waals surface area contributed by atoms with Crippen molar-refractivity contribution in [3.63, 3.8) is 0 Å². The summed E-state index contributed by atoms with van der Waals surface area (Å²) >= 11 is 0. The van der Waals surface area contributed by atoms with Gasteiger partial charge in [0.15, 0.2) is 12.6 Å². The first-order chi connectivity index (χ1) is 23.8. The van der Waals surface area contributed by atoms with Gasteiger partial charge in [-0.3, -0.25) is 24.1 Å². The normalized spacial score (nSPS) is 29.7. The van der Waals surface area contributed by atoms with E-state index in [-0.39, 0.29) is 51.8 Å². The van der Waals surface area contributed by atoms with E-state index in [0.29, 0.717) is 38.8 Å². The van der Waals surface area contributed by atoms with E-state index in [1.807, 2.05) is 6.92 Å². The first kappa shape index (κ1) is 43.6. The highest BCUT2D eigenvalue weighted by Crippen LogP contribution is 2.22. The van der Waals surface area contributed by atoms with E-state index in [1.165, 1.54) is 11.8 Å². The largest absolute Gasteiger partial charge is 0.394 e. The number of nitrogens with zero attached hydrogens (tertiary/aromatic N) is 1. The van der Waals surface area contributed by atoms with Gasteiger partial charge in [0.25, 0.3) is 0 Å². The first-order valence-electron chi connectivity index (χ1n) is 16.8.